The van der Waals surface area contributed by atoms with Crippen LogP contribution in [0.1, 0.15) is 27.3 Å². The maximum Gasteiger partial charge on any atom is 0.259 e. The van der Waals surface area contributed by atoms with E-state index in [1.54, 1.807) is 12.4 Å². The molecule has 1 aromatic carbocycles. The highest BCUT2D eigenvalue weighted by atomic mass is 16.1. The van der Waals surface area contributed by atoms with Gasteiger partial charge in [-0.25, -0.2) is 4.98 Å². The molecular formula is C19H18N6O. The molecule has 3 aromatic heterocycles. The molecule has 26 heavy (non-hydrogen) atoms. The van der Waals surface area contributed by atoms with Crippen LogP contribution in [0.2, 0.25) is 0 Å². The highest BCUT2D eigenvalue weighted by Crippen LogP contribution is 2.19. The molecule has 0 aliphatic carbocycles. The van der Waals surface area contributed by atoms with Crippen LogP contribution >= 0.6 is 0 Å². The van der Waals surface area contributed by atoms with E-state index in [-0.39, 0.29) is 5.91 Å². The first-order chi connectivity index (χ1) is 12.6. The highest BCUT2D eigenvalue weighted by molar-refractivity contribution is 6.05. The Hall–Kier alpha value is -3.48. The third-order valence-electron chi connectivity index (χ3n) is 4.38. The molecule has 0 spiro atoms. The van der Waals surface area contributed by atoms with E-state index < -0.39 is 0 Å². The van der Waals surface area contributed by atoms with Gasteiger partial charge in [-0.3, -0.25) is 14.6 Å². The summed E-state index contributed by atoms with van der Waals surface area (Å²) in [5, 5.41) is 15.1. The van der Waals surface area contributed by atoms with Crippen LogP contribution in [0.5, 0.6) is 0 Å². The molecule has 0 aliphatic rings. The molecule has 4 aromatic rings. The van der Waals surface area contributed by atoms with Gasteiger partial charge in [0.15, 0.2) is 5.65 Å². The molecule has 0 atom stereocenters. The Morgan fingerprint density at radius 1 is 1.19 bits per heavy atom. The van der Waals surface area contributed by atoms with Gasteiger partial charge < -0.3 is 5.32 Å². The summed E-state index contributed by atoms with van der Waals surface area (Å²) in [6.45, 7) is 4.44. The normalized spacial score (nSPS) is 11.0. The van der Waals surface area contributed by atoms with Crippen molar-refractivity contribution in [1.82, 2.24) is 25.0 Å². The number of carbonyl (C=O) groups excluding carboxylic acids is 1. The van der Waals surface area contributed by atoms with Gasteiger partial charge in [-0.15, -0.1) is 0 Å². The van der Waals surface area contributed by atoms with Crippen LogP contribution in [0.15, 0.2) is 48.8 Å². The van der Waals surface area contributed by atoms with Crippen molar-refractivity contribution >= 4 is 22.6 Å². The van der Waals surface area contributed by atoms with Gasteiger partial charge in [0.1, 0.15) is 0 Å². The van der Waals surface area contributed by atoms with Crippen LogP contribution in [0, 0.1) is 13.8 Å². The van der Waals surface area contributed by atoms with Gasteiger partial charge in [0.2, 0.25) is 0 Å². The number of hydrogen-bond donors (Lipinski definition) is 2. The number of nitrogens with zero attached hydrogens (tertiary/aromatic N) is 4. The second-order valence-corrected chi connectivity index (χ2v) is 6.18. The minimum Gasteiger partial charge on any atom is -0.320 e. The Morgan fingerprint density at radius 2 is 2.00 bits per heavy atom. The number of amides is 1. The van der Waals surface area contributed by atoms with E-state index in [1.165, 1.54) is 0 Å². The summed E-state index contributed by atoms with van der Waals surface area (Å²) in [7, 11) is 0. The summed E-state index contributed by atoms with van der Waals surface area (Å²) in [4.78, 5) is 16.9. The van der Waals surface area contributed by atoms with Crippen molar-refractivity contribution in [1.29, 1.82) is 0 Å². The van der Waals surface area contributed by atoms with E-state index in [9.17, 15) is 4.79 Å². The van der Waals surface area contributed by atoms with E-state index in [4.69, 9.17) is 0 Å². The summed E-state index contributed by atoms with van der Waals surface area (Å²) in [5.41, 5.74) is 4.67. The predicted octanol–water partition coefficient (Wildman–Crippen LogP) is 3.07. The fraction of sp³-hybridized carbons (Fsp3) is 0.158. The average Bonchev–Trinajstić information content (AvgIpc) is 3.19. The zero-order valence-corrected chi connectivity index (χ0v) is 14.5. The minimum absolute atomic E-state index is 0.205. The number of aryl methyl sites for hydroxylation is 1. The van der Waals surface area contributed by atoms with Crippen LogP contribution in [0.3, 0.4) is 0 Å². The number of hydrogen-bond acceptors (Lipinski definition) is 4. The average molecular weight is 346 g/mol. The van der Waals surface area contributed by atoms with Crippen molar-refractivity contribution in [2.45, 2.75) is 20.4 Å². The van der Waals surface area contributed by atoms with Gasteiger partial charge >= 0.3 is 0 Å². The predicted molar refractivity (Wildman–Crippen MR) is 99.1 cm³/mol. The maximum atomic E-state index is 12.6. The number of pyridine rings is 1. The largest absolute Gasteiger partial charge is 0.320 e. The summed E-state index contributed by atoms with van der Waals surface area (Å²) < 4.78 is 1.83. The first kappa shape index (κ1) is 16.0. The van der Waals surface area contributed by atoms with Gasteiger partial charge in [0.25, 0.3) is 5.91 Å². The summed E-state index contributed by atoms with van der Waals surface area (Å²) in [6.07, 6.45) is 3.20. The van der Waals surface area contributed by atoms with Gasteiger partial charge in [-0.05, 0) is 25.5 Å². The number of carbonyl (C=O) groups is 1. The van der Waals surface area contributed by atoms with Crippen LogP contribution in [0.4, 0.5) is 5.69 Å². The van der Waals surface area contributed by atoms with Crippen LogP contribution in [-0.2, 0) is 6.54 Å². The second-order valence-electron chi connectivity index (χ2n) is 6.18. The van der Waals surface area contributed by atoms with Crippen molar-refractivity contribution in [3.05, 3.63) is 71.3 Å². The number of aromatic nitrogens is 5. The molecule has 130 valence electrons. The first-order valence-electron chi connectivity index (χ1n) is 8.30. The Labute approximate surface area is 150 Å². The Balaban J connectivity index is 1.55. The van der Waals surface area contributed by atoms with Crippen LogP contribution in [-0.4, -0.2) is 30.9 Å². The molecule has 3 heterocycles. The molecule has 7 heteroatoms. The van der Waals surface area contributed by atoms with Crippen molar-refractivity contribution < 1.29 is 4.79 Å². The van der Waals surface area contributed by atoms with E-state index in [0.717, 1.165) is 22.3 Å². The summed E-state index contributed by atoms with van der Waals surface area (Å²) in [5.74, 6) is -0.205. The monoisotopic (exact) mass is 346 g/mol. The molecule has 0 saturated heterocycles. The zero-order chi connectivity index (χ0) is 18.1. The van der Waals surface area contributed by atoms with Gasteiger partial charge in [-0.2, -0.15) is 10.2 Å². The van der Waals surface area contributed by atoms with E-state index in [1.807, 2.05) is 54.9 Å². The Bertz CT molecular complexity index is 1080. The number of fused-ring (bicyclic) bond motifs is 1. The molecule has 0 aliphatic heterocycles. The quantitative estimate of drug-likeness (QED) is 0.594. The lowest BCUT2D eigenvalue weighted by atomic mass is 10.2. The highest BCUT2D eigenvalue weighted by Gasteiger charge is 2.15. The molecule has 2 N–H and O–H groups in total. The van der Waals surface area contributed by atoms with Gasteiger partial charge in [0.05, 0.1) is 30.2 Å². The molecule has 1 amide bonds. The minimum atomic E-state index is -0.205. The number of aromatic amines is 1. The lowest BCUT2D eigenvalue weighted by Crippen LogP contribution is -2.13. The number of anilines is 1. The molecule has 7 nitrogen and oxygen atoms in total. The van der Waals surface area contributed by atoms with Crippen molar-refractivity contribution in [2.75, 3.05) is 5.32 Å². The lowest BCUT2D eigenvalue weighted by Gasteiger charge is -2.07. The zero-order valence-electron chi connectivity index (χ0n) is 14.5. The van der Waals surface area contributed by atoms with Crippen molar-refractivity contribution in [3.63, 3.8) is 0 Å². The number of nitrogens with one attached hydrogen (secondary N) is 2. The summed E-state index contributed by atoms with van der Waals surface area (Å²) >= 11 is 0. The van der Waals surface area contributed by atoms with E-state index in [0.29, 0.717) is 23.4 Å². The van der Waals surface area contributed by atoms with Gasteiger partial charge in [0, 0.05) is 16.8 Å². The lowest BCUT2D eigenvalue weighted by molar-refractivity contribution is 0.102. The maximum absolute atomic E-state index is 12.6. The topological polar surface area (TPSA) is 88.5 Å². The first-order valence-corrected chi connectivity index (χ1v) is 8.30. The number of rotatable bonds is 4. The molecular weight excluding hydrogens is 328 g/mol. The molecule has 4 rings (SSSR count). The third-order valence-corrected chi connectivity index (χ3v) is 4.38. The fourth-order valence-electron chi connectivity index (χ4n) is 2.87. The van der Waals surface area contributed by atoms with Crippen LogP contribution in [0.25, 0.3) is 11.0 Å². The number of benzene rings is 1. The number of H-pyrrole nitrogens is 1. The van der Waals surface area contributed by atoms with Crippen molar-refractivity contribution in [3.8, 4) is 0 Å². The van der Waals surface area contributed by atoms with Gasteiger partial charge in [-0.1, -0.05) is 30.3 Å². The smallest absolute Gasteiger partial charge is 0.259 e. The molecule has 0 saturated carbocycles. The SMILES string of the molecule is Cc1[nH]nc2ncc(NC(=O)c3cnn(Cc4ccccc4)c3C)cc12. The molecule has 0 fully saturated rings. The molecule has 0 radical (unpaired) electrons. The Morgan fingerprint density at radius 3 is 2.81 bits per heavy atom. The second kappa shape index (κ2) is 6.44. The standard InChI is InChI=1S/C19H18N6O/c1-12-16-8-15(9-20-18(16)24-23-12)22-19(26)17-10-21-25(13(17)2)11-14-6-4-3-5-7-14/h3-10H,11H2,1-2H3,(H,22,26)(H,20,23,24). The molecule has 0 bridgehead atoms. The van der Waals surface area contributed by atoms with Crippen LogP contribution < -0.4 is 5.32 Å². The molecule has 0 unspecified atom stereocenters. The summed E-state index contributed by atoms with van der Waals surface area (Å²) in [6, 6.07) is 11.9. The fourth-order valence-corrected chi connectivity index (χ4v) is 2.87. The van der Waals surface area contributed by atoms with E-state index in [2.05, 4.69) is 25.6 Å². The van der Waals surface area contributed by atoms with Crippen molar-refractivity contribution in [2.24, 2.45) is 0 Å². The third kappa shape index (κ3) is 2.95. The van der Waals surface area contributed by atoms with E-state index >= 15 is 0 Å². The Kier molecular flexibility index (Phi) is 3.96.